The highest BCUT2D eigenvalue weighted by molar-refractivity contribution is 6.33. The molecule has 0 radical (unpaired) electrons. The molecule has 0 spiro atoms. The van der Waals surface area contributed by atoms with Gasteiger partial charge in [0, 0.05) is 5.56 Å². The Bertz CT molecular complexity index is 1420. The number of hydrazone groups is 1. The van der Waals surface area contributed by atoms with Crippen LogP contribution in [0.15, 0.2) is 90.0 Å². The van der Waals surface area contributed by atoms with Crippen LogP contribution in [0.2, 0.25) is 5.02 Å². The van der Waals surface area contributed by atoms with E-state index in [1.165, 1.54) is 11.8 Å². The smallest absolute Gasteiger partial charge is 0.345 e. The van der Waals surface area contributed by atoms with Gasteiger partial charge in [-0.3, -0.25) is 4.79 Å². The summed E-state index contributed by atoms with van der Waals surface area (Å²) in [5.74, 6) is -0.0990. The zero-order valence-electron chi connectivity index (χ0n) is 20.4. The fourth-order valence-electron chi connectivity index (χ4n) is 3.76. The minimum Gasteiger partial charge on any atom is -0.484 e. The van der Waals surface area contributed by atoms with Crippen LogP contribution in [-0.2, 0) is 11.2 Å². The second kappa shape index (κ2) is 12.7. The summed E-state index contributed by atoms with van der Waals surface area (Å²) in [6.45, 7) is 1.97. The largest absolute Gasteiger partial charge is 0.484 e. The standard InChI is InChI=1S/C30H27ClN2O4/c1-2-3-8-21-13-16-23(17-14-21)36-20-29(34)33-32-19-26-24-10-5-4-9-22(24)15-18-28(26)37-30(35)25-11-6-7-12-27(25)31/h4-7,9-19H,2-3,8,20H2,1H3,(H,33,34)/b32-19-. The van der Waals surface area contributed by atoms with Crippen LogP contribution < -0.4 is 14.9 Å². The fourth-order valence-corrected chi connectivity index (χ4v) is 3.98. The molecule has 4 aromatic rings. The molecule has 0 heterocycles. The maximum Gasteiger partial charge on any atom is 0.345 e. The number of esters is 1. The molecular weight excluding hydrogens is 488 g/mol. The number of nitrogens with zero attached hydrogens (tertiary/aromatic N) is 1. The zero-order chi connectivity index (χ0) is 26.0. The van der Waals surface area contributed by atoms with Gasteiger partial charge in [-0.05, 0) is 59.5 Å². The Kier molecular flexibility index (Phi) is 8.89. The number of nitrogens with one attached hydrogen (secondary N) is 1. The van der Waals surface area contributed by atoms with Crippen molar-refractivity contribution < 1.29 is 19.1 Å². The van der Waals surface area contributed by atoms with Crippen LogP contribution in [0.25, 0.3) is 10.8 Å². The molecule has 0 aliphatic rings. The third-order valence-corrected chi connectivity index (χ3v) is 6.05. The van der Waals surface area contributed by atoms with Crippen LogP contribution in [-0.4, -0.2) is 24.7 Å². The quantitative estimate of drug-likeness (QED) is 0.112. The van der Waals surface area contributed by atoms with E-state index in [0.29, 0.717) is 22.1 Å². The first-order valence-electron chi connectivity index (χ1n) is 12.1. The van der Waals surface area contributed by atoms with Gasteiger partial charge in [0.05, 0.1) is 16.8 Å². The van der Waals surface area contributed by atoms with Crippen molar-refractivity contribution in [2.75, 3.05) is 6.61 Å². The SMILES string of the molecule is CCCCc1ccc(OCC(=O)N/N=C\c2c(OC(=O)c3ccccc3Cl)ccc3ccccc23)cc1. The number of rotatable bonds is 10. The Balaban J connectivity index is 1.44. The van der Waals surface area contributed by atoms with Crippen LogP contribution in [0.1, 0.15) is 41.3 Å². The van der Waals surface area contributed by atoms with Gasteiger partial charge in [0.25, 0.3) is 5.91 Å². The molecule has 0 saturated heterocycles. The van der Waals surface area contributed by atoms with Crippen LogP contribution in [0.5, 0.6) is 11.5 Å². The number of unbranched alkanes of at least 4 members (excludes halogenated alkanes) is 1. The number of hydrogen-bond acceptors (Lipinski definition) is 5. The third-order valence-electron chi connectivity index (χ3n) is 5.72. The predicted molar refractivity (Wildman–Crippen MR) is 147 cm³/mol. The van der Waals surface area contributed by atoms with Crippen LogP contribution in [0.4, 0.5) is 0 Å². The van der Waals surface area contributed by atoms with E-state index in [-0.39, 0.29) is 12.2 Å². The normalized spacial score (nSPS) is 11.0. The van der Waals surface area contributed by atoms with E-state index in [1.54, 1.807) is 30.3 Å². The topological polar surface area (TPSA) is 77.0 Å². The Morgan fingerprint density at radius 3 is 2.49 bits per heavy atom. The lowest BCUT2D eigenvalue weighted by Gasteiger charge is -2.11. The first-order valence-corrected chi connectivity index (χ1v) is 12.4. The highest BCUT2D eigenvalue weighted by Crippen LogP contribution is 2.28. The molecule has 0 aliphatic carbocycles. The van der Waals surface area contributed by atoms with Gasteiger partial charge in [-0.25, -0.2) is 10.2 Å². The second-order valence-corrected chi connectivity index (χ2v) is 8.80. The maximum absolute atomic E-state index is 12.8. The number of carbonyl (C=O) groups excluding carboxylic acids is 2. The Morgan fingerprint density at radius 2 is 1.70 bits per heavy atom. The number of halogens is 1. The summed E-state index contributed by atoms with van der Waals surface area (Å²) in [6.07, 6.45) is 4.76. The molecular formula is C30H27ClN2O4. The molecule has 1 N–H and O–H groups in total. The molecule has 37 heavy (non-hydrogen) atoms. The van der Waals surface area contributed by atoms with E-state index in [0.717, 1.165) is 30.0 Å². The Morgan fingerprint density at radius 1 is 0.946 bits per heavy atom. The summed E-state index contributed by atoms with van der Waals surface area (Å²) in [4.78, 5) is 25.1. The molecule has 188 valence electrons. The summed E-state index contributed by atoms with van der Waals surface area (Å²) in [7, 11) is 0. The molecule has 4 rings (SSSR count). The van der Waals surface area contributed by atoms with Gasteiger partial charge in [-0.1, -0.05) is 79.5 Å². The zero-order valence-corrected chi connectivity index (χ0v) is 21.2. The van der Waals surface area contributed by atoms with Gasteiger partial charge in [-0.2, -0.15) is 5.10 Å². The number of hydrogen-bond donors (Lipinski definition) is 1. The number of aryl methyl sites for hydroxylation is 1. The average Bonchev–Trinajstić information content (AvgIpc) is 2.92. The van der Waals surface area contributed by atoms with E-state index < -0.39 is 11.9 Å². The van der Waals surface area contributed by atoms with Gasteiger partial charge in [-0.15, -0.1) is 0 Å². The average molecular weight is 515 g/mol. The highest BCUT2D eigenvalue weighted by atomic mass is 35.5. The lowest BCUT2D eigenvalue weighted by atomic mass is 10.0. The third kappa shape index (κ3) is 6.96. The van der Waals surface area contributed by atoms with Gasteiger partial charge in [0.15, 0.2) is 6.61 Å². The lowest BCUT2D eigenvalue weighted by molar-refractivity contribution is -0.123. The highest BCUT2D eigenvalue weighted by Gasteiger charge is 2.16. The molecule has 0 fully saturated rings. The predicted octanol–water partition coefficient (Wildman–Crippen LogP) is 6.58. The van der Waals surface area contributed by atoms with Crippen molar-refractivity contribution in [1.29, 1.82) is 0 Å². The van der Waals surface area contributed by atoms with Gasteiger partial charge in [0.2, 0.25) is 0 Å². The van der Waals surface area contributed by atoms with Gasteiger partial charge < -0.3 is 9.47 Å². The maximum atomic E-state index is 12.8. The molecule has 0 saturated carbocycles. The van der Waals surface area contributed by atoms with Crippen molar-refractivity contribution in [2.45, 2.75) is 26.2 Å². The van der Waals surface area contributed by atoms with Crippen molar-refractivity contribution >= 4 is 40.5 Å². The summed E-state index contributed by atoms with van der Waals surface area (Å²) in [5.41, 5.74) is 4.51. The molecule has 0 bridgehead atoms. The van der Waals surface area contributed by atoms with E-state index in [2.05, 4.69) is 17.5 Å². The number of ether oxygens (including phenoxy) is 2. The Hall–Kier alpha value is -4.16. The molecule has 0 atom stereocenters. The van der Waals surface area contributed by atoms with Crippen molar-refractivity contribution in [3.8, 4) is 11.5 Å². The molecule has 0 unspecified atom stereocenters. The fraction of sp³-hybridized carbons (Fsp3) is 0.167. The van der Waals surface area contributed by atoms with Crippen molar-refractivity contribution in [3.63, 3.8) is 0 Å². The second-order valence-electron chi connectivity index (χ2n) is 8.40. The van der Waals surface area contributed by atoms with Crippen molar-refractivity contribution in [3.05, 3.63) is 107 Å². The van der Waals surface area contributed by atoms with Gasteiger partial charge >= 0.3 is 5.97 Å². The van der Waals surface area contributed by atoms with Crippen molar-refractivity contribution in [1.82, 2.24) is 5.43 Å². The van der Waals surface area contributed by atoms with Gasteiger partial charge in [0.1, 0.15) is 11.5 Å². The summed E-state index contributed by atoms with van der Waals surface area (Å²) >= 11 is 6.15. The van der Waals surface area contributed by atoms with Crippen molar-refractivity contribution in [2.24, 2.45) is 5.10 Å². The minimum absolute atomic E-state index is 0.185. The number of carbonyl (C=O) groups is 2. The Labute approximate surface area is 220 Å². The van der Waals surface area contributed by atoms with E-state index >= 15 is 0 Å². The van der Waals surface area contributed by atoms with E-state index in [4.69, 9.17) is 21.1 Å². The minimum atomic E-state index is -0.589. The summed E-state index contributed by atoms with van der Waals surface area (Å²) in [5, 5.41) is 6.12. The van der Waals surface area contributed by atoms with E-state index in [1.807, 2.05) is 54.6 Å². The molecule has 0 aromatic heterocycles. The molecule has 0 aliphatic heterocycles. The molecule has 1 amide bonds. The number of amides is 1. The molecule has 4 aromatic carbocycles. The van der Waals surface area contributed by atoms with E-state index in [9.17, 15) is 9.59 Å². The monoisotopic (exact) mass is 514 g/mol. The van der Waals surface area contributed by atoms with Crippen LogP contribution in [0.3, 0.4) is 0 Å². The molecule has 6 nitrogen and oxygen atoms in total. The summed E-state index contributed by atoms with van der Waals surface area (Å²) in [6, 6.07) is 25.5. The first-order chi connectivity index (χ1) is 18.0. The number of benzene rings is 4. The van der Waals surface area contributed by atoms with Crippen LogP contribution >= 0.6 is 11.6 Å². The van der Waals surface area contributed by atoms with Crippen LogP contribution in [0, 0.1) is 0 Å². The summed E-state index contributed by atoms with van der Waals surface area (Å²) < 4.78 is 11.2. The number of fused-ring (bicyclic) bond motifs is 1. The first kappa shape index (κ1) is 25.9. The molecule has 7 heteroatoms. The lowest BCUT2D eigenvalue weighted by Crippen LogP contribution is -2.24.